The average Bonchev–Trinajstić information content (AvgIpc) is 3.04. The number of nitrogens with two attached hydrogens (primary N) is 1. The van der Waals surface area contributed by atoms with E-state index < -0.39 is 0 Å². The quantitative estimate of drug-likeness (QED) is 0.529. The minimum atomic E-state index is 0.578. The fourth-order valence-electron chi connectivity index (χ4n) is 4.08. The number of fused-ring (bicyclic) bond motifs is 1. The van der Waals surface area contributed by atoms with E-state index in [-0.39, 0.29) is 0 Å². The molecule has 2 aromatic rings. The summed E-state index contributed by atoms with van der Waals surface area (Å²) >= 11 is 1.85. The van der Waals surface area contributed by atoms with E-state index >= 15 is 0 Å². The summed E-state index contributed by atoms with van der Waals surface area (Å²) in [5.41, 5.74) is 15.3. The molecular formula is C25H35N3S. The van der Waals surface area contributed by atoms with E-state index in [0.717, 1.165) is 50.9 Å². The Morgan fingerprint density at radius 2 is 2.03 bits per heavy atom. The lowest BCUT2D eigenvalue weighted by Crippen LogP contribution is -2.29. The number of nitrogens with one attached hydrogen (secondary N) is 1. The van der Waals surface area contributed by atoms with Gasteiger partial charge in [-0.1, -0.05) is 50.3 Å². The van der Waals surface area contributed by atoms with Crippen molar-refractivity contribution in [2.75, 3.05) is 11.9 Å². The normalized spacial score (nSPS) is 13.3. The highest BCUT2D eigenvalue weighted by molar-refractivity contribution is 7.16. The van der Waals surface area contributed by atoms with E-state index in [0.29, 0.717) is 6.54 Å². The van der Waals surface area contributed by atoms with Gasteiger partial charge in [0.1, 0.15) is 0 Å². The highest BCUT2D eigenvalue weighted by Gasteiger charge is 2.24. The molecule has 0 saturated heterocycles. The van der Waals surface area contributed by atoms with E-state index in [2.05, 4.69) is 62.3 Å². The lowest BCUT2D eigenvalue weighted by molar-refractivity contribution is 0.315. The van der Waals surface area contributed by atoms with Crippen LogP contribution in [0.4, 0.5) is 5.00 Å². The van der Waals surface area contributed by atoms with Gasteiger partial charge in [0, 0.05) is 34.9 Å². The lowest BCUT2D eigenvalue weighted by atomic mass is 10.0. The Morgan fingerprint density at radius 3 is 2.76 bits per heavy atom. The maximum Gasteiger partial charge on any atom is 0.0976 e. The van der Waals surface area contributed by atoms with Crippen LogP contribution in [0.25, 0.3) is 0 Å². The first-order valence-electron chi connectivity index (χ1n) is 10.7. The molecule has 0 radical (unpaired) electrons. The van der Waals surface area contributed by atoms with Crippen molar-refractivity contribution in [2.45, 2.75) is 66.0 Å². The number of hydrogen-bond donors (Lipinski definition) is 2. The van der Waals surface area contributed by atoms with Crippen molar-refractivity contribution in [2.24, 2.45) is 5.73 Å². The van der Waals surface area contributed by atoms with Gasteiger partial charge in [0.05, 0.1) is 11.5 Å². The van der Waals surface area contributed by atoms with Crippen LogP contribution in [-0.4, -0.2) is 11.4 Å². The summed E-state index contributed by atoms with van der Waals surface area (Å²) in [7, 11) is 0. The summed E-state index contributed by atoms with van der Waals surface area (Å²) in [6.45, 7) is 17.7. The smallest absolute Gasteiger partial charge is 0.0976 e. The third-order valence-corrected chi connectivity index (χ3v) is 7.02. The number of thiophene rings is 1. The minimum absolute atomic E-state index is 0.578. The van der Waals surface area contributed by atoms with Gasteiger partial charge < -0.3 is 16.0 Å². The second-order valence-electron chi connectivity index (χ2n) is 8.16. The molecule has 29 heavy (non-hydrogen) atoms. The fourth-order valence-corrected chi connectivity index (χ4v) is 5.42. The summed E-state index contributed by atoms with van der Waals surface area (Å²) in [5.74, 6) is 0. The number of nitrogens with zero attached hydrogens (tertiary/aromatic N) is 1. The number of anilines is 1. The highest BCUT2D eigenvalue weighted by atomic mass is 32.1. The van der Waals surface area contributed by atoms with Gasteiger partial charge >= 0.3 is 0 Å². The molecule has 3 rings (SSSR count). The Labute approximate surface area is 180 Å². The maximum atomic E-state index is 6.14. The van der Waals surface area contributed by atoms with Crippen LogP contribution in [0.1, 0.15) is 58.9 Å². The fraction of sp³-hybridized carbons (Fsp3) is 0.440. The maximum absolute atomic E-state index is 6.14. The van der Waals surface area contributed by atoms with Crippen LogP contribution in [0, 0.1) is 13.8 Å². The van der Waals surface area contributed by atoms with Gasteiger partial charge in [-0.3, -0.25) is 0 Å². The molecule has 156 valence electrons. The summed E-state index contributed by atoms with van der Waals surface area (Å²) in [6, 6.07) is 6.67. The SMILES string of the molecule is C=C(CCc1cc(C)ccc1C)Nc1sc2c(c1CN)CCN(C(=C)CCC)C2. The van der Waals surface area contributed by atoms with Crippen molar-refractivity contribution in [3.63, 3.8) is 0 Å². The Hall–Kier alpha value is -2.04. The standard InChI is InChI=1S/C25H35N3S/c1-6-7-20(5)28-13-12-22-23(15-26)25(29-24(22)16-28)27-19(4)10-11-21-14-17(2)8-9-18(21)3/h8-9,14,27H,4-7,10-13,15-16,26H2,1-3H3. The molecule has 0 saturated carbocycles. The first kappa shape index (κ1) is 21.7. The molecule has 1 aliphatic rings. The van der Waals surface area contributed by atoms with E-state index in [1.54, 1.807) is 0 Å². The molecule has 3 N–H and O–H groups in total. The molecule has 0 atom stereocenters. The predicted molar refractivity (Wildman–Crippen MR) is 127 cm³/mol. The van der Waals surface area contributed by atoms with Gasteiger partial charge in [-0.2, -0.15) is 0 Å². The molecular weight excluding hydrogens is 374 g/mol. The van der Waals surface area contributed by atoms with Crippen LogP contribution in [-0.2, 0) is 25.9 Å². The molecule has 0 spiro atoms. The second-order valence-corrected chi connectivity index (χ2v) is 9.27. The van der Waals surface area contributed by atoms with Gasteiger partial charge in [-0.15, -0.1) is 11.3 Å². The zero-order valence-corrected chi connectivity index (χ0v) is 19.1. The largest absolute Gasteiger partial charge is 0.370 e. The molecule has 1 aromatic carbocycles. The van der Waals surface area contributed by atoms with E-state index in [4.69, 9.17) is 5.73 Å². The zero-order valence-electron chi connectivity index (χ0n) is 18.2. The van der Waals surface area contributed by atoms with Crippen LogP contribution in [0.2, 0.25) is 0 Å². The van der Waals surface area contributed by atoms with E-state index in [1.165, 1.54) is 43.4 Å². The van der Waals surface area contributed by atoms with E-state index in [1.807, 2.05) is 11.3 Å². The molecule has 0 fully saturated rings. The van der Waals surface area contributed by atoms with Gasteiger partial charge in [-0.05, 0) is 56.2 Å². The highest BCUT2D eigenvalue weighted by Crippen LogP contribution is 2.38. The third kappa shape index (κ3) is 5.12. The summed E-state index contributed by atoms with van der Waals surface area (Å²) in [6.07, 6.45) is 5.21. The number of aryl methyl sites for hydroxylation is 3. The Kier molecular flexibility index (Phi) is 7.20. The Morgan fingerprint density at radius 1 is 1.24 bits per heavy atom. The first-order valence-corrected chi connectivity index (χ1v) is 11.5. The summed E-state index contributed by atoms with van der Waals surface area (Å²) in [5, 5.41) is 4.78. The molecule has 0 bridgehead atoms. The monoisotopic (exact) mass is 409 g/mol. The third-order valence-electron chi connectivity index (χ3n) is 5.85. The Bertz CT molecular complexity index is 894. The topological polar surface area (TPSA) is 41.3 Å². The van der Waals surface area contributed by atoms with Crippen molar-refractivity contribution in [3.8, 4) is 0 Å². The average molecular weight is 410 g/mol. The molecule has 2 heterocycles. The molecule has 4 heteroatoms. The van der Waals surface area contributed by atoms with Crippen molar-refractivity contribution >= 4 is 16.3 Å². The molecule has 0 aliphatic carbocycles. The lowest BCUT2D eigenvalue weighted by Gasteiger charge is -2.30. The molecule has 0 unspecified atom stereocenters. The van der Waals surface area contributed by atoms with Gasteiger partial charge in [0.2, 0.25) is 0 Å². The molecule has 0 amide bonds. The van der Waals surface area contributed by atoms with E-state index in [9.17, 15) is 0 Å². The molecule has 1 aromatic heterocycles. The minimum Gasteiger partial charge on any atom is -0.370 e. The number of hydrogen-bond acceptors (Lipinski definition) is 4. The second kappa shape index (κ2) is 9.64. The van der Waals surface area contributed by atoms with Crippen LogP contribution in [0.15, 0.2) is 42.8 Å². The molecule has 3 nitrogen and oxygen atoms in total. The van der Waals surface area contributed by atoms with Crippen LogP contribution in [0.5, 0.6) is 0 Å². The molecule has 1 aliphatic heterocycles. The van der Waals surface area contributed by atoms with Crippen molar-refractivity contribution < 1.29 is 0 Å². The van der Waals surface area contributed by atoms with Crippen LogP contribution < -0.4 is 11.1 Å². The van der Waals surface area contributed by atoms with Crippen molar-refractivity contribution in [1.82, 2.24) is 4.90 Å². The predicted octanol–water partition coefficient (Wildman–Crippen LogP) is 6.05. The summed E-state index contributed by atoms with van der Waals surface area (Å²) in [4.78, 5) is 3.86. The zero-order chi connectivity index (χ0) is 21.0. The number of benzene rings is 1. The van der Waals surface area contributed by atoms with Crippen molar-refractivity contribution in [1.29, 1.82) is 0 Å². The number of allylic oxidation sites excluding steroid dienone is 2. The first-order chi connectivity index (χ1) is 13.9. The summed E-state index contributed by atoms with van der Waals surface area (Å²) < 4.78 is 0. The van der Waals surface area contributed by atoms with Crippen LogP contribution >= 0.6 is 11.3 Å². The van der Waals surface area contributed by atoms with Crippen molar-refractivity contribution in [3.05, 3.63) is 75.4 Å². The van der Waals surface area contributed by atoms with Gasteiger partial charge in [0.15, 0.2) is 0 Å². The van der Waals surface area contributed by atoms with Crippen LogP contribution in [0.3, 0.4) is 0 Å². The number of rotatable bonds is 9. The van der Waals surface area contributed by atoms with Gasteiger partial charge in [0.25, 0.3) is 0 Å². The Balaban J connectivity index is 1.67. The van der Waals surface area contributed by atoms with Gasteiger partial charge in [-0.25, -0.2) is 0 Å².